The Morgan fingerprint density at radius 2 is 1.52 bits per heavy atom. The Hall–Kier alpha value is -3.08. The van der Waals surface area contributed by atoms with Gasteiger partial charge < -0.3 is 16.6 Å². The van der Waals surface area contributed by atoms with Gasteiger partial charge in [-0.1, -0.05) is 42.5 Å². The lowest BCUT2D eigenvalue weighted by molar-refractivity contribution is 0.475. The van der Waals surface area contributed by atoms with E-state index in [0.717, 1.165) is 11.1 Å². The largest absolute Gasteiger partial charge is 0.508 e. The van der Waals surface area contributed by atoms with Crippen LogP contribution in [0.5, 0.6) is 5.75 Å². The average Bonchev–Trinajstić information content (AvgIpc) is 2.47. The number of rotatable bonds is 2. The molecule has 0 radical (unpaired) electrons. The number of nitrogens with two attached hydrogens (primary N) is 2. The van der Waals surface area contributed by atoms with Crippen molar-refractivity contribution in [2.24, 2.45) is 0 Å². The zero-order valence-corrected chi connectivity index (χ0v) is 11.2. The van der Waals surface area contributed by atoms with Crippen LogP contribution < -0.4 is 11.5 Å². The smallest absolute Gasteiger partial charge is 0.222 e. The maximum Gasteiger partial charge on any atom is 0.222 e. The van der Waals surface area contributed by atoms with Crippen molar-refractivity contribution in [3.63, 3.8) is 0 Å². The zero-order chi connectivity index (χ0) is 14.8. The summed E-state index contributed by atoms with van der Waals surface area (Å²) in [6.45, 7) is 0. The van der Waals surface area contributed by atoms with E-state index in [4.69, 9.17) is 11.5 Å². The second-order valence-corrected chi connectivity index (χ2v) is 4.61. The maximum atomic E-state index is 9.67. The molecule has 0 aliphatic rings. The molecule has 0 bridgehead atoms. The third kappa shape index (κ3) is 2.49. The molecular weight excluding hydrogens is 264 g/mol. The van der Waals surface area contributed by atoms with Crippen LogP contribution in [0.2, 0.25) is 0 Å². The van der Waals surface area contributed by atoms with Gasteiger partial charge in [-0.05, 0) is 17.7 Å². The van der Waals surface area contributed by atoms with Gasteiger partial charge in [0.05, 0.1) is 11.3 Å². The van der Waals surface area contributed by atoms with E-state index in [-0.39, 0.29) is 11.7 Å². The van der Waals surface area contributed by atoms with Gasteiger partial charge in [0.2, 0.25) is 5.95 Å². The fourth-order valence-corrected chi connectivity index (χ4v) is 2.25. The molecule has 0 aliphatic heterocycles. The van der Waals surface area contributed by atoms with Gasteiger partial charge in [-0.3, -0.25) is 0 Å². The van der Waals surface area contributed by atoms with Crippen LogP contribution in [-0.4, -0.2) is 15.1 Å². The molecule has 5 N–H and O–H groups in total. The first-order chi connectivity index (χ1) is 10.1. The number of benzene rings is 2. The summed E-state index contributed by atoms with van der Waals surface area (Å²) in [6, 6.07) is 16.4. The highest BCUT2D eigenvalue weighted by atomic mass is 16.3. The van der Waals surface area contributed by atoms with Crippen molar-refractivity contribution >= 4 is 11.8 Å². The summed E-state index contributed by atoms with van der Waals surface area (Å²) in [5, 5.41) is 9.67. The van der Waals surface area contributed by atoms with Gasteiger partial charge in [-0.25, -0.2) is 4.98 Å². The molecule has 0 saturated heterocycles. The first-order valence-electron chi connectivity index (χ1n) is 6.43. The Kier molecular flexibility index (Phi) is 3.16. The molecule has 0 saturated carbocycles. The minimum Gasteiger partial charge on any atom is -0.508 e. The van der Waals surface area contributed by atoms with E-state index in [2.05, 4.69) is 9.97 Å². The van der Waals surface area contributed by atoms with Crippen molar-refractivity contribution in [3.05, 3.63) is 54.6 Å². The van der Waals surface area contributed by atoms with Gasteiger partial charge in [0.25, 0.3) is 0 Å². The van der Waals surface area contributed by atoms with Gasteiger partial charge in [0.1, 0.15) is 11.6 Å². The monoisotopic (exact) mass is 278 g/mol. The Labute approximate surface area is 121 Å². The van der Waals surface area contributed by atoms with Gasteiger partial charge in [-0.2, -0.15) is 4.98 Å². The SMILES string of the molecule is Nc1nc(N)c(-c2ccccc2)c(-c2cccc(O)c2)n1. The number of phenols is 1. The molecule has 2 aromatic carbocycles. The van der Waals surface area contributed by atoms with Crippen molar-refractivity contribution in [2.75, 3.05) is 11.5 Å². The lowest BCUT2D eigenvalue weighted by Gasteiger charge is -2.12. The summed E-state index contributed by atoms with van der Waals surface area (Å²) in [5.41, 5.74) is 14.7. The number of hydrogen-bond donors (Lipinski definition) is 3. The van der Waals surface area contributed by atoms with E-state index in [9.17, 15) is 5.11 Å². The molecule has 0 unspecified atom stereocenters. The molecule has 0 fully saturated rings. The summed E-state index contributed by atoms with van der Waals surface area (Å²) in [7, 11) is 0. The van der Waals surface area contributed by atoms with Gasteiger partial charge in [0, 0.05) is 5.56 Å². The number of hydrogen-bond acceptors (Lipinski definition) is 5. The number of anilines is 2. The van der Waals surface area contributed by atoms with Crippen LogP contribution in [0.1, 0.15) is 0 Å². The third-order valence-electron chi connectivity index (χ3n) is 3.14. The minimum atomic E-state index is 0.102. The lowest BCUT2D eigenvalue weighted by atomic mass is 9.99. The molecule has 21 heavy (non-hydrogen) atoms. The van der Waals surface area contributed by atoms with Gasteiger partial charge in [0.15, 0.2) is 0 Å². The minimum absolute atomic E-state index is 0.102. The molecular formula is C16H14N4O. The number of nitrogen functional groups attached to an aromatic ring is 2. The Morgan fingerprint density at radius 3 is 2.24 bits per heavy atom. The van der Waals surface area contributed by atoms with Crippen molar-refractivity contribution in [1.82, 2.24) is 9.97 Å². The van der Waals surface area contributed by atoms with E-state index in [1.54, 1.807) is 18.2 Å². The number of phenolic OH excluding ortho intramolecular Hbond substituents is 1. The first kappa shape index (κ1) is 12.9. The van der Waals surface area contributed by atoms with Crippen molar-refractivity contribution < 1.29 is 5.11 Å². The molecule has 104 valence electrons. The molecule has 0 atom stereocenters. The van der Waals surface area contributed by atoms with Crippen LogP contribution in [-0.2, 0) is 0 Å². The molecule has 0 amide bonds. The highest BCUT2D eigenvalue weighted by molar-refractivity contribution is 5.88. The van der Waals surface area contributed by atoms with Crippen LogP contribution in [0.3, 0.4) is 0 Å². The molecule has 0 aliphatic carbocycles. The number of aromatic hydroxyl groups is 1. The highest BCUT2D eigenvalue weighted by Gasteiger charge is 2.15. The van der Waals surface area contributed by atoms with E-state index in [1.807, 2.05) is 36.4 Å². The molecule has 3 aromatic rings. The molecule has 1 heterocycles. The highest BCUT2D eigenvalue weighted by Crippen LogP contribution is 2.35. The Bertz CT molecular complexity index is 788. The van der Waals surface area contributed by atoms with Crippen LogP contribution in [0.15, 0.2) is 54.6 Å². The van der Waals surface area contributed by atoms with Gasteiger partial charge >= 0.3 is 0 Å². The number of nitrogens with zero attached hydrogens (tertiary/aromatic N) is 2. The number of aromatic nitrogens is 2. The summed E-state index contributed by atoms with van der Waals surface area (Å²) in [6.07, 6.45) is 0. The summed E-state index contributed by atoms with van der Waals surface area (Å²) in [4.78, 5) is 8.34. The Morgan fingerprint density at radius 1 is 0.810 bits per heavy atom. The molecule has 5 nitrogen and oxygen atoms in total. The predicted octanol–water partition coefficient (Wildman–Crippen LogP) is 2.68. The summed E-state index contributed by atoms with van der Waals surface area (Å²) >= 11 is 0. The standard InChI is InChI=1S/C16H14N4O/c17-15-13(10-5-2-1-3-6-10)14(19-16(18)20-15)11-7-4-8-12(21)9-11/h1-9,21H,(H4,17,18,19,20). The van der Waals surface area contributed by atoms with E-state index < -0.39 is 0 Å². The van der Waals surface area contributed by atoms with Crippen molar-refractivity contribution in [3.8, 4) is 28.1 Å². The zero-order valence-electron chi connectivity index (χ0n) is 11.2. The van der Waals surface area contributed by atoms with Gasteiger partial charge in [-0.15, -0.1) is 0 Å². The molecule has 3 rings (SSSR count). The fourth-order valence-electron chi connectivity index (χ4n) is 2.25. The fraction of sp³-hybridized carbons (Fsp3) is 0. The van der Waals surface area contributed by atoms with Crippen LogP contribution in [0, 0.1) is 0 Å². The predicted molar refractivity (Wildman–Crippen MR) is 83.4 cm³/mol. The second kappa shape index (κ2) is 5.13. The van der Waals surface area contributed by atoms with Crippen LogP contribution >= 0.6 is 0 Å². The normalized spacial score (nSPS) is 10.5. The quantitative estimate of drug-likeness (QED) is 0.669. The van der Waals surface area contributed by atoms with E-state index in [1.165, 1.54) is 0 Å². The summed E-state index contributed by atoms with van der Waals surface area (Å²) in [5.74, 6) is 0.569. The average molecular weight is 278 g/mol. The lowest BCUT2D eigenvalue weighted by Crippen LogP contribution is -2.04. The first-order valence-corrected chi connectivity index (χ1v) is 6.43. The topological polar surface area (TPSA) is 98.0 Å². The van der Waals surface area contributed by atoms with Crippen LogP contribution in [0.4, 0.5) is 11.8 Å². The van der Waals surface area contributed by atoms with Crippen molar-refractivity contribution in [2.45, 2.75) is 0 Å². The summed E-state index contributed by atoms with van der Waals surface area (Å²) < 4.78 is 0. The Balaban J connectivity index is 2.29. The van der Waals surface area contributed by atoms with Crippen molar-refractivity contribution in [1.29, 1.82) is 0 Å². The molecule has 5 heteroatoms. The van der Waals surface area contributed by atoms with E-state index >= 15 is 0 Å². The molecule has 0 spiro atoms. The second-order valence-electron chi connectivity index (χ2n) is 4.61. The van der Waals surface area contributed by atoms with E-state index in [0.29, 0.717) is 17.1 Å². The third-order valence-corrected chi connectivity index (χ3v) is 3.14. The molecule has 1 aromatic heterocycles. The maximum absolute atomic E-state index is 9.67. The van der Waals surface area contributed by atoms with Crippen LogP contribution in [0.25, 0.3) is 22.4 Å².